The Morgan fingerprint density at radius 1 is 1.33 bits per heavy atom. The van der Waals surface area contributed by atoms with E-state index in [1.165, 1.54) is 16.0 Å². The van der Waals surface area contributed by atoms with Crippen LogP contribution >= 0.6 is 11.3 Å². The molecule has 18 heavy (non-hydrogen) atoms. The Morgan fingerprint density at radius 2 is 2.11 bits per heavy atom. The van der Waals surface area contributed by atoms with E-state index in [1.807, 2.05) is 0 Å². The Kier molecular flexibility index (Phi) is 3.20. The van der Waals surface area contributed by atoms with Gasteiger partial charge >= 0.3 is 0 Å². The minimum atomic E-state index is 0.156. The first kappa shape index (κ1) is 11.9. The van der Waals surface area contributed by atoms with Gasteiger partial charge in [-0.15, -0.1) is 11.3 Å². The molecule has 3 rings (SSSR count). The van der Waals surface area contributed by atoms with E-state index in [4.69, 9.17) is 0 Å². The number of rotatable bonds is 2. The van der Waals surface area contributed by atoms with Crippen LogP contribution in [0, 0.1) is 0 Å². The van der Waals surface area contributed by atoms with Crippen LogP contribution in [0.3, 0.4) is 0 Å². The van der Waals surface area contributed by atoms with Crippen molar-refractivity contribution in [3.63, 3.8) is 0 Å². The van der Waals surface area contributed by atoms with Crippen molar-refractivity contribution in [3.05, 3.63) is 57.3 Å². The van der Waals surface area contributed by atoms with E-state index in [0.29, 0.717) is 5.92 Å². The van der Waals surface area contributed by atoms with E-state index in [1.54, 1.807) is 11.3 Å². The zero-order valence-corrected chi connectivity index (χ0v) is 11.3. The molecule has 0 spiro atoms. The first-order valence-electron chi connectivity index (χ1n) is 6.23. The Bertz CT molecular complexity index is 535. The molecule has 1 N–H and O–H groups in total. The van der Waals surface area contributed by atoms with Gasteiger partial charge in [0.1, 0.15) is 0 Å². The van der Waals surface area contributed by atoms with Gasteiger partial charge in [-0.25, -0.2) is 0 Å². The zero-order valence-electron chi connectivity index (χ0n) is 10.5. The van der Waals surface area contributed by atoms with E-state index >= 15 is 0 Å². The molecule has 3 heteroatoms. The largest absolute Gasteiger partial charge is 0.391 e. The molecule has 0 amide bonds. The lowest BCUT2D eigenvalue weighted by Crippen LogP contribution is -2.29. The van der Waals surface area contributed by atoms with Gasteiger partial charge in [0.2, 0.25) is 0 Å². The molecule has 2 aromatic rings. The Morgan fingerprint density at radius 3 is 2.83 bits per heavy atom. The number of fused-ring (bicyclic) bond motifs is 1. The molecule has 0 aliphatic carbocycles. The summed E-state index contributed by atoms with van der Waals surface area (Å²) in [4.78, 5) is 4.84. The summed E-state index contributed by atoms with van der Waals surface area (Å²) in [6.45, 7) is 2.21. The second kappa shape index (κ2) is 4.84. The van der Waals surface area contributed by atoms with Crippen molar-refractivity contribution >= 4 is 11.3 Å². The second-order valence-corrected chi connectivity index (χ2v) is 6.13. The van der Waals surface area contributed by atoms with Crippen molar-refractivity contribution in [2.75, 3.05) is 13.6 Å². The predicted molar refractivity (Wildman–Crippen MR) is 74.9 cm³/mol. The van der Waals surface area contributed by atoms with Crippen molar-refractivity contribution in [2.24, 2.45) is 0 Å². The Hall–Kier alpha value is -1.16. The van der Waals surface area contributed by atoms with Gasteiger partial charge < -0.3 is 10.0 Å². The summed E-state index contributed by atoms with van der Waals surface area (Å²) in [6, 6.07) is 12.8. The lowest BCUT2D eigenvalue weighted by Gasteiger charge is -2.30. The van der Waals surface area contributed by atoms with Crippen LogP contribution in [0.5, 0.6) is 0 Å². The number of hydrogen-bond acceptors (Lipinski definition) is 3. The molecular weight excluding hydrogens is 242 g/mol. The average Bonchev–Trinajstić information content (AvgIpc) is 2.81. The molecule has 94 valence electrons. The fraction of sp³-hybridized carbons (Fsp3) is 0.333. The van der Waals surface area contributed by atoms with Gasteiger partial charge in [-0.2, -0.15) is 0 Å². The molecule has 0 saturated heterocycles. The molecule has 1 aromatic carbocycles. The molecule has 1 aromatic heterocycles. The van der Waals surface area contributed by atoms with E-state index in [-0.39, 0.29) is 6.61 Å². The summed E-state index contributed by atoms with van der Waals surface area (Å²) < 4.78 is 0. The van der Waals surface area contributed by atoms with Gasteiger partial charge in [-0.1, -0.05) is 30.3 Å². The lowest BCUT2D eigenvalue weighted by atomic mass is 9.88. The lowest BCUT2D eigenvalue weighted by molar-refractivity contribution is 0.285. The highest BCUT2D eigenvalue weighted by atomic mass is 32.1. The van der Waals surface area contributed by atoms with Crippen LogP contribution in [-0.2, 0) is 13.2 Å². The highest BCUT2D eigenvalue weighted by Crippen LogP contribution is 2.37. The summed E-state index contributed by atoms with van der Waals surface area (Å²) in [7, 11) is 2.16. The van der Waals surface area contributed by atoms with Crippen molar-refractivity contribution in [2.45, 2.75) is 19.1 Å². The first-order chi connectivity index (χ1) is 8.78. The molecule has 0 unspecified atom stereocenters. The van der Waals surface area contributed by atoms with Crippen LogP contribution in [0.1, 0.15) is 26.8 Å². The topological polar surface area (TPSA) is 23.5 Å². The SMILES string of the molecule is CN1Cc2sc(CO)cc2[C@H](c2ccccc2)C1. The monoisotopic (exact) mass is 259 g/mol. The molecule has 2 heterocycles. The summed E-state index contributed by atoms with van der Waals surface area (Å²) in [5, 5.41) is 9.31. The summed E-state index contributed by atoms with van der Waals surface area (Å²) in [6.07, 6.45) is 0. The van der Waals surface area contributed by atoms with Gasteiger partial charge in [0, 0.05) is 28.8 Å². The Balaban J connectivity index is 2.04. The summed E-state index contributed by atoms with van der Waals surface area (Å²) >= 11 is 1.75. The van der Waals surface area contributed by atoms with E-state index in [2.05, 4.69) is 48.3 Å². The first-order valence-corrected chi connectivity index (χ1v) is 7.05. The maximum Gasteiger partial charge on any atom is 0.0774 e. The van der Waals surface area contributed by atoms with Crippen LogP contribution < -0.4 is 0 Å². The highest BCUT2D eigenvalue weighted by Gasteiger charge is 2.26. The number of hydrogen-bond donors (Lipinski definition) is 1. The van der Waals surface area contributed by atoms with Crippen LogP contribution in [0.2, 0.25) is 0 Å². The predicted octanol–water partition coefficient (Wildman–Crippen LogP) is 2.82. The minimum absolute atomic E-state index is 0.156. The quantitative estimate of drug-likeness (QED) is 0.896. The van der Waals surface area contributed by atoms with Crippen LogP contribution in [0.15, 0.2) is 36.4 Å². The van der Waals surface area contributed by atoms with Crippen LogP contribution in [0.4, 0.5) is 0 Å². The molecule has 1 aliphatic heterocycles. The van der Waals surface area contributed by atoms with Gasteiger partial charge in [0.15, 0.2) is 0 Å². The third-order valence-electron chi connectivity index (χ3n) is 3.53. The highest BCUT2D eigenvalue weighted by molar-refractivity contribution is 7.12. The molecule has 1 atom stereocenters. The van der Waals surface area contributed by atoms with Crippen molar-refractivity contribution in [3.8, 4) is 0 Å². The number of benzene rings is 1. The third-order valence-corrected chi connectivity index (χ3v) is 4.65. The third kappa shape index (κ3) is 2.09. The fourth-order valence-electron chi connectivity index (χ4n) is 2.69. The Labute approximate surface area is 112 Å². The van der Waals surface area contributed by atoms with Gasteiger partial charge in [-0.3, -0.25) is 0 Å². The van der Waals surface area contributed by atoms with Crippen molar-refractivity contribution in [1.82, 2.24) is 4.90 Å². The van der Waals surface area contributed by atoms with E-state index in [9.17, 15) is 5.11 Å². The molecular formula is C15H17NOS. The summed E-state index contributed by atoms with van der Waals surface area (Å²) in [5.74, 6) is 0.441. The molecule has 0 saturated carbocycles. The fourth-order valence-corrected chi connectivity index (χ4v) is 3.86. The maximum atomic E-state index is 9.31. The number of likely N-dealkylation sites (N-methyl/N-ethyl adjacent to an activating group) is 1. The summed E-state index contributed by atoms with van der Waals surface area (Å²) in [5.41, 5.74) is 2.78. The van der Waals surface area contributed by atoms with E-state index in [0.717, 1.165) is 18.0 Å². The van der Waals surface area contributed by atoms with Crippen molar-refractivity contribution in [1.29, 1.82) is 0 Å². The van der Waals surface area contributed by atoms with Crippen LogP contribution in [0.25, 0.3) is 0 Å². The maximum absolute atomic E-state index is 9.31. The number of aliphatic hydroxyl groups is 1. The molecule has 0 bridgehead atoms. The molecule has 1 aliphatic rings. The molecule has 0 radical (unpaired) electrons. The smallest absolute Gasteiger partial charge is 0.0774 e. The molecule has 0 fully saturated rings. The van der Waals surface area contributed by atoms with Gasteiger partial charge in [-0.05, 0) is 24.2 Å². The van der Waals surface area contributed by atoms with Crippen LogP contribution in [-0.4, -0.2) is 23.6 Å². The average molecular weight is 259 g/mol. The zero-order chi connectivity index (χ0) is 12.5. The van der Waals surface area contributed by atoms with Gasteiger partial charge in [0.05, 0.1) is 6.61 Å². The standard InChI is InChI=1S/C15H17NOS/c1-16-8-14(11-5-3-2-4-6-11)13-7-12(10-17)18-15(13)9-16/h2-7,14,17H,8-10H2,1H3/t14-/m0/s1. The van der Waals surface area contributed by atoms with Crippen molar-refractivity contribution < 1.29 is 5.11 Å². The molecule has 2 nitrogen and oxygen atoms in total. The van der Waals surface area contributed by atoms with Gasteiger partial charge in [0.25, 0.3) is 0 Å². The second-order valence-electron chi connectivity index (χ2n) is 4.91. The number of thiophene rings is 1. The normalized spacial score (nSPS) is 19.8. The van der Waals surface area contributed by atoms with E-state index < -0.39 is 0 Å². The number of aliphatic hydroxyl groups excluding tert-OH is 1. The minimum Gasteiger partial charge on any atom is -0.391 e. The number of nitrogens with zero attached hydrogens (tertiary/aromatic N) is 1.